The zero-order valence-corrected chi connectivity index (χ0v) is 17.6. The maximum atomic E-state index is 13.7. The summed E-state index contributed by atoms with van der Waals surface area (Å²) in [6, 6.07) is 5.41. The summed E-state index contributed by atoms with van der Waals surface area (Å²) in [4.78, 5) is 24.5. The Bertz CT molecular complexity index is 1280. The van der Waals surface area contributed by atoms with E-state index >= 15 is 0 Å². The number of nitrogens with one attached hydrogen (secondary N) is 1. The molecule has 10 heteroatoms. The van der Waals surface area contributed by atoms with E-state index in [0.29, 0.717) is 12.0 Å². The van der Waals surface area contributed by atoms with Crippen molar-refractivity contribution in [2.75, 3.05) is 12.4 Å². The Kier molecular flexibility index (Phi) is 5.55. The zero-order chi connectivity index (χ0) is 23.0. The highest BCUT2D eigenvalue weighted by Gasteiger charge is 2.38. The van der Waals surface area contributed by atoms with Crippen LogP contribution in [0.2, 0.25) is 0 Å². The van der Waals surface area contributed by atoms with Gasteiger partial charge in [0.2, 0.25) is 5.82 Å². The van der Waals surface area contributed by atoms with Crippen molar-refractivity contribution in [3.8, 4) is 5.82 Å². The van der Waals surface area contributed by atoms with Gasteiger partial charge in [-0.05, 0) is 38.5 Å². The fraction of sp³-hybridized carbons (Fsp3) is 0.273. The van der Waals surface area contributed by atoms with Crippen LogP contribution < -0.4 is 16.0 Å². The molecule has 7 nitrogen and oxygen atoms in total. The summed E-state index contributed by atoms with van der Waals surface area (Å²) in [5.74, 6) is -1.43. The molecule has 2 aromatic heterocycles. The minimum Gasteiger partial charge on any atom is -0.377 e. The number of imidazole rings is 1. The van der Waals surface area contributed by atoms with Gasteiger partial charge >= 0.3 is 6.18 Å². The molecule has 1 N–H and O–H groups in total. The number of nitrogens with zero attached hydrogens (tertiary/aromatic N) is 4. The molecule has 1 aromatic carbocycles. The molecule has 0 fully saturated rings. The smallest absolute Gasteiger partial charge is 0.377 e. The van der Waals surface area contributed by atoms with Gasteiger partial charge in [0.05, 0.1) is 29.2 Å². The van der Waals surface area contributed by atoms with Gasteiger partial charge < -0.3 is 10.1 Å². The summed E-state index contributed by atoms with van der Waals surface area (Å²) in [7, 11) is 1.48. The average Bonchev–Trinajstić information content (AvgIpc) is 3.13. The van der Waals surface area contributed by atoms with Crippen LogP contribution in [0.25, 0.3) is 18.0 Å². The molecule has 1 amide bonds. The number of hydrogen-bond acceptors (Lipinski definition) is 5. The number of halogens is 3. The van der Waals surface area contributed by atoms with Gasteiger partial charge in [-0.25, -0.2) is 15.0 Å². The van der Waals surface area contributed by atoms with Crippen molar-refractivity contribution < 1.29 is 22.7 Å². The second-order valence-electron chi connectivity index (χ2n) is 7.51. The predicted molar refractivity (Wildman–Crippen MR) is 112 cm³/mol. The van der Waals surface area contributed by atoms with E-state index in [1.165, 1.54) is 19.5 Å². The third-order valence-corrected chi connectivity index (χ3v) is 4.98. The Labute approximate surface area is 181 Å². The van der Waals surface area contributed by atoms with Gasteiger partial charge in [-0.3, -0.25) is 9.36 Å². The molecule has 32 heavy (non-hydrogen) atoms. The number of benzene rings is 1. The molecular weight excluding hydrogens is 423 g/mol. The van der Waals surface area contributed by atoms with E-state index in [1.54, 1.807) is 24.3 Å². The minimum absolute atomic E-state index is 0.0593. The lowest BCUT2D eigenvalue weighted by molar-refractivity contribution is -0.146. The molecule has 1 aliphatic rings. The van der Waals surface area contributed by atoms with E-state index in [9.17, 15) is 18.0 Å². The highest BCUT2D eigenvalue weighted by atomic mass is 19.4. The molecule has 4 rings (SSSR count). The highest BCUT2D eigenvalue weighted by molar-refractivity contribution is 6.03. The SMILES string of the molecule is COC1C=c2nc(C(F)(F)F)n(-c3cnc(NC(=O)c4cc(C)cc(C)c4)cn3)c2=CC1. The van der Waals surface area contributed by atoms with Crippen LogP contribution in [0.3, 0.4) is 0 Å². The number of aryl methyl sites for hydroxylation is 2. The number of carbonyl (C=O) groups excluding carboxylic acids is 1. The first kappa shape index (κ1) is 21.7. The minimum atomic E-state index is -4.70. The number of fused-ring (bicyclic) bond motifs is 1. The second kappa shape index (κ2) is 8.19. The van der Waals surface area contributed by atoms with E-state index < -0.39 is 12.0 Å². The molecule has 0 aliphatic heterocycles. The van der Waals surface area contributed by atoms with Gasteiger partial charge in [0.25, 0.3) is 5.91 Å². The Morgan fingerprint density at radius 3 is 2.47 bits per heavy atom. The Morgan fingerprint density at radius 1 is 1.16 bits per heavy atom. The van der Waals surface area contributed by atoms with Gasteiger partial charge in [0, 0.05) is 12.7 Å². The lowest BCUT2D eigenvalue weighted by atomic mass is 10.1. The number of carbonyl (C=O) groups is 1. The van der Waals surface area contributed by atoms with E-state index in [1.807, 2.05) is 19.9 Å². The lowest BCUT2D eigenvalue weighted by Crippen LogP contribution is -2.35. The van der Waals surface area contributed by atoms with Crippen molar-refractivity contribution in [1.29, 1.82) is 0 Å². The van der Waals surface area contributed by atoms with Gasteiger partial charge in [-0.1, -0.05) is 23.3 Å². The Morgan fingerprint density at radius 2 is 1.88 bits per heavy atom. The first-order valence-corrected chi connectivity index (χ1v) is 9.78. The van der Waals surface area contributed by atoms with Crippen LogP contribution in [0.4, 0.5) is 19.0 Å². The standard InChI is InChI=1S/C22H20F3N5O2/c1-12-6-13(2)8-14(7-12)20(31)29-18-10-27-19(11-26-18)30-17-5-4-15(32-3)9-16(17)28-21(30)22(23,24)25/h5-11,15H,4H2,1-3H3,(H,26,29,31). The first-order valence-electron chi connectivity index (χ1n) is 9.78. The summed E-state index contributed by atoms with van der Waals surface area (Å²) in [6.07, 6.45) is 0.928. The summed E-state index contributed by atoms with van der Waals surface area (Å²) >= 11 is 0. The molecule has 0 saturated heterocycles. The number of rotatable bonds is 4. The van der Waals surface area contributed by atoms with Crippen molar-refractivity contribution in [1.82, 2.24) is 19.5 Å². The van der Waals surface area contributed by atoms with Crippen LogP contribution in [0.1, 0.15) is 33.7 Å². The molecule has 0 bridgehead atoms. The normalized spacial score (nSPS) is 15.5. The van der Waals surface area contributed by atoms with E-state index in [4.69, 9.17) is 4.74 Å². The predicted octanol–water partition coefficient (Wildman–Crippen LogP) is 2.53. The molecule has 0 saturated carbocycles. The maximum Gasteiger partial charge on any atom is 0.450 e. The highest BCUT2D eigenvalue weighted by Crippen LogP contribution is 2.27. The molecule has 0 spiro atoms. The van der Waals surface area contributed by atoms with Crippen LogP contribution in [0, 0.1) is 13.8 Å². The van der Waals surface area contributed by atoms with Crippen LogP contribution >= 0.6 is 0 Å². The number of alkyl halides is 3. The Balaban J connectivity index is 1.68. The molecule has 1 atom stereocenters. The maximum absolute atomic E-state index is 13.7. The third-order valence-electron chi connectivity index (χ3n) is 4.98. The molecule has 2 heterocycles. The summed E-state index contributed by atoms with van der Waals surface area (Å²) in [5, 5.41) is 3.06. The van der Waals surface area contributed by atoms with Gasteiger partial charge in [-0.2, -0.15) is 13.2 Å². The monoisotopic (exact) mass is 443 g/mol. The summed E-state index contributed by atoms with van der Waals surface area (Å²) in [6.45, 7) is 3.76. The largest absolute Gasteiger partial charge is 0.450 e. The molecule has 1 aliphatic carbocycles. The second-order valence-corrected chi connectivity index (χ2v) is 7.51. The number of ether oxygens (including phenoxy) is 1. The molecule has 1 unspecified atom stereocenters. The molecule has 3 aromatic rings. The summed E-state index contributed by atoms with van der Waals surface area (Å²) < 4.78 is 47.1. The van der Waals surface area contributed by atoms with Gasteiger partial charge in [0.15, 0.2) is 11.6 Å². The third kappa shape index (κ3) is 4.26. The first-order chi connectivity index (χ1) is 15.2. The van der Waals surface area contributed by atoms with Crippen molar-refractivity contribution in [3.05, 3.63) is 63.8 Å². The molecule has 0 radical (unpaired) electrons. The summed E-state index contributed by atoms with van der Waals surface area (Å²) in [5.41, 5.74) is 2.32. The van der Waals surface area contributed by atoms with E-state index in [0.717, 1.165) is 15.7 Å². The quantitative estimate of drug-likeness (QED) is 0.670. The van der Waals surface area contributed by atoms with Crippen LogP contribution in [0.5, 0.6) is 0 Å². The average molecular weight is 443 g/mol. The van der Waals surface area contributed by atoms with E-state index in [2.05, 4.69) is 20.3 Å². The number of amides is 1. The molecular formula is C22H20F3N5O2. The van der Waals surface area contributed by atoms with Crippen LogP contribution in [0.15, 0.2) is 30.6 Å². The number of hydrogen-bond donors (Lipinski definition) is 1. The lowest BCUT2D eigenvalue weighted by Gasteiger charge is -2.12. The topological polar surface area (TPSA) is 81.9 Å². The number of methoxy groups -OCH3 is 1. The van der Waals surface area contributed by atoms with Crippen molar-refractivity contribution in [2.24, 2.45) is 0 Å². The van der Waals surface area contributed by atoms with Crippen LogP contribution in [-0.2, 0) is 10.9 Å². The van der Waals surface area contributed by atoms with Crippen molar-refractivity contribution >= 4 is 23.9 Å². The Hall–Kier alpha value is -3.53. The number of anilines is 1. The van der Waals surface area contributed by atoms with Gasteiger partial charge in [-0.15, -0.1) is 0 Å². The number of aromatic nitrogens is 4. The van der Waals surface area contributed by atoms with Crippen LogP contribution in [-0.4, -0.2) is 38.6 Å². The van der Waals surface area contributed by atoms with Crippen molar-refractivity contribution in [3.63, 3.8) is 0 Å². The zero-order valence-electron chi connectivity index (χ0n) is 17.6. The fourth-order valence-electron chi connectivity index (χ4n) is 3.62. The van der Waals surface area contributed by atoms with E-state index in [-0.39, 0.29) is 34.3 Å². The van der Waals surface area contributed by atoms with Gasteiger partial charge in [0.1, 0.15) is 0 Å². The molecule has 166 valence electrons. The van der Waals surface area contributed by atoms with Crippen molar-refractivity contribution in [2.45, 2.75) is 32.5 Å². The fourth-order valence-corrected chi connectivity index (χ4v) is 3.62.